The first kappa shape index (κ1) is 11.9. The Kier molecular flexibility index (Phi) is 5.33. The SMILES string of the molecule is CCC1CN(CCCC(=N)N)CCS1. The van der Waals surface area contributed by atoms with E-state index in [1.54, 1.807) is 0 Å². The van der Waals surface area contributed by atoms with Crippen LogP contribution in [0.25, 0.3) is 0 Å². The van der Waals surface area contributed by atoms with Crippen LogP contribution in [0.15, 0.2) is 0 Å². The number of hydrogen-bond acceptors (Lipinski definition) is 3. The molecule has 0 bridgehead atoms. The number of amidine groups is 1. The molecule has 0 aromatic rings. The van der Waals surface area contributed by atoms with E-state index in [1.807, 2.05) is 0 Å². The van der Waals surface area contributed by atoms with Crippen molar-refractivity contribution >= 4 is 17.6 Å². The van der Waals surface area contributed by atoms with Crippen LogP contribution in [-0.4, -0.2) is 41.4 Å². The number of nitrogens with two attached hydrogens (primary N) is 1. The van der Waals surface area contributed by atoms with Crippen LogP contribution in [-0.2, 0) is 0 Å². The minimum atomic E-state index is 0.323. The van der Waals surface area contributed by atoms with Gasteiger partial charge in [0.15, 0.2) is 0 Å². The topological polar surface area (TPSA) is 53.1 Å². The van der Waals surface area contributed by atoms with Crippen LogP contribution in [0, 0.1) is 5.41 Å². The third kappa shape index (κ3) is 4.33. The molecule has 14 heavy (non-hydrogen) atoms. The minimum Gasteiger partial charge on any atom is -0.388 e. The number of thioether (sulfide) groups is 1. The van der Waals surface area contributed by atoms with Crippen LogP contribution in [0.5, 0.6) is 0 Å². The van der Waals surface area contributed by atoms with E-state index >= 15 is 0 Å². The van der Waals surface area contributed by atoms with Crippen molar-refractivity contribution in [3.05, 3.63) is 0 Å². The molecule has 1 saturated heterocycles. The number of nitrogens with one attached hydrogen (secondary N) is 1. The zero-order valence-corrected chi connectivity index (χ0v) is 9.78. The highest BCUT2D eigenvalue weighted by Crippen LogP contribution is 2.20. The van der Waals surface area contributed by atoms with E-state index < -0.39 is 0 Å². The molecule has 0 aromatic carbocycles. The molecule has 3 nitrogen and oxygen atoms in total. The lowest BCUT2D eigenvalue weighted by Gasteiger charge is -2.31. The maximum absolute atomic E-state index is 7.14. The van der Waals surface area contributed by atoms with Crippen LogP contribution in [0.1, 0.15) is 26.2 Å². The van der Waals surface area contributed by atoms with Gasteiger partial charge in [-0.2, -0.15) is 11.8 Å². The van der Waals surface area contributed by atoms with Crippen molar-refractivity contribution in [1.29, 1.82) is 5.41 Å². The zero-order valence-electron chi connectivity index (χ0n) is 8.96. The second kappa shape index (κ2) is 6.30. The molecule has 0 aliphatic carbocycles. The maximum Gasteiger partial charge on any atom is 0.0905 e. The van der Waals surface area contributed by atoms with Gasteiger partial charge >= 0.3 is 0 Å². The molecule has 1 aliphatic heterocycles. The highest BCUT2D eigenvalue weighted by molar-refractivity contribution is 8.00. The molecule has 1 aliphatic rings. The van der Waals surface area contributed by atoms with Gasteiger partial charge in [-0.1, -0.05) is 6.92 Å². The molecular weight excluding hydrogens is 194 g/mol. The summed E-state index contributed by atoms with van der Waals surface area (Å²) in [5.74, 6) is 1.59. The average molecular weight is 215 g/mol. The molecule has 1 heterocycles. The molecule has 0 saturated carbocycles. The van der Waals surface area contributed by atoms with Gasteiger partial charge in [-0.05, 0) is 19.4 Å². The van der Waals surface area contributed by atoms with Gasteiger partial charge in [0, 0.05) is 30.5 Å². The van der Waals surface area contributed by atoms with E-state index in [4.69, 9.17) is 11.1 Å². The lowest BCUT2D eigenvalue weighted by molar-refractivity contribution is 0.279. The van der Waals surface area contributed by atoms with E-state index in [-0.39, 0.29) is 0 Å². The molecular formula is C10H21N3S. The summed E-state index contributed by atoms with van der Waals surface area (Å²) in [4.78, 5) is 2.51. The summed E-state index contributed by atoms with van der Waals surface area (Å²) in [6.45, 7) is 5.80. The Morgan fingerprint density at radius 2 is 2.43 bits per heavy atom. The Hall–Kier alpha value is -0.220. The van der Waals surface area contributed by atoms with E-state index in [0.717, 1.165) is 24.6 Å². The van der Waals surface area contributed by atoms with E-state index in [2.05, 4.69) is 23.6 Å². The predicted octanol–water partition coefficient (Wildman–Crippen LogP) is 1.53. The normalized spacial score (nSPS) is 23.6. The smallest absolute Gasteiger partial charge is 0.0905 e. The second-order valence-corrected chi connectivity index (χ2v) is 5.24. The Bertz CT molecular complexity index is 184. The van der Waals surface area contributed by atoms with Crippen molar-refractivity contribution in [3.8, 4) is 0 Å². The molecule has 1 atom stereocenters. The zero-order chi connectivity index (χ0) is 10.4. The molecule has 4 heteroatoms. The second-order valence-electron chi connectivity index (χ2n) is 3.83. The summed E-state index contributed by atoms with van der Waals surface area (Å²) in [5.41, 5.74) is 5.32. The quantitative estimate of drug-likeness (QED) is 0.540. The third-order valence-corrected chi connectivity index (χ3v) is 3.97. The predicted molar refractivity (Wildman–Crippen MR) is 64.1 cm³/mol. The van der Waals surface area contributed by atoms with Crippen molar-refractivity contribution in [1.82, 2.24) is 4.90 Å². The summed E-state index contributed by atoms with van der Waals surface area (Å²) >= 11 is 2.10. The van der Waals surface area contributed by atoms with Crippen molar-refractivity contribution in [2.24, 2.45) is 5.73 Å². The maximum atomic E-state index is 7.14. The van der Waals surface area contributed by atoms with Crippen LogP contribution in [0.3, 0.4) is 0 Å². The Morgan fingerprint density at radius 3 is 3.07 bits per heavy atom. The third-order valence-electron chi connectivity index (χ3n) is 2.60. The van der Waals surface area contributed by atoms with E-state index in [0.29, 0.717) is 5.84 Å². The molecule has 1 unspecified atom stereocenters. The van der Waals surface area contributed by atoms with Crippen LogP contribution < -0.4 is 5.73 Å². The molecule has 0 amide bonds. The van der Waals surface area contributed by atoms with Crippen molar-refractivity contribution in [3.63, 3.8) is 0 Å². The summed E-state index contributed by atoms with van der Waals surface area (Å²) in [7, 11) is 0. The van der Waals surface area contributed by atoms with Crippen molar-refractivity contribution < 1.29 is 0 Å². The van der Waals surface area contributed by atoms with Gasteiger partial charge in [-0.15, -0.1) is 0 Å². The van der Waals surface area contributed by atoms with E-state index in [1.165, 1.54) is 25.3 Å². The number of nitrogens with zero attached hydrogens (tertiary/aromatic N) is 1. The lowest BCUT2D eigenvalue weighted by atomic mass is 10.2. The Balaban J connectivity index is 2.14. The van der Waals surface area contributed by atoms with Gasteiger partial charge in [0.25, 0.3) is 0 Å². The fourth-order valence-electron chi connectivity index (χ4n) is 1.72. The summed E-state index contributed by atoms with van der Waals surface area (Å²) in [6, 6.07) is 0. The van der Waals surface area contributed by atoms with Crippen LogP contribution in [0.4, 0.5) is 0 Å². The fourth-order valence-corrected chi connectivity index (χ4v) is 2.97. The first-order valence-electron chi connectivity index (χ1n) is 5.39. The molecule has 3 N–H and O–H groups in total. The van der Waals surface area contributed by atoms with Crippen molar-refractivity contribution in [2.45, 2.75) is 31.4 Å². The molecule has 1 fully saturated rings. The summed E-state index contributed by atoms with van der Waals surface area (Å²) < 4.78 is 0. The first-order chi connectivity index (χ1) is 6.72. The minimum absolute atomic E-state index is 0.323. The highest BCUT2D eigenvalue weighted by Gasteiger charge is 2.17. The van der Waals surface area contributed by atoms with Crippen LogP contribution >= 0.6 is 11.8 Å². The molecule has 0 aromatic heterocycles. The van der Waals surface area contributed by atoms with Crippen molar-refractivity contribution in [2.75, 3.05) is 25.4 Å². The Labute approximate surface area is 90.9 Å². The molecule has 1 rings (SSSR count). The average Bonchev–Trinajstić information content (AvgIpc) is 2.18. The highest BCUT2D eigenvalue weighted by atomic mass is 32.2. The molecule has 82 valence electrons. The van der Waals surface area contributed by atoms with E-state index in [9.17, 15) is 0 Å². The van der Waals surface area contributed by atoms with Crippen LogP contribution in [0.2, 0.25) is 0 Å². The Morgan fingerprint density at radius 1 is 1.64 bits per heavy atom. The van der Waals surface area contributed by atoms with Gasteiger partial charge in [-0.3, -0.25) is 5.41 Å². The first-order valence-corrected chi connectivity index (χ1v) is 6.44. The lowest BCUT2D eigenvalue weighted by Crippen LogP contribution is -2.38. The molecule has 0 spiro atoms. The van der Waals surface area contributed by atoms with Gasteiger partial charge in [0.1, 0.15) is 0 Å². The van der Waals surface area contributed by atoms with Gasteiger partial charge in [0.2, 0.25) is 0 Å². The summed E-state index contributed by atoms with van der Waals surface area (Å²) in [6.07, 6.45) is 3.06. The van der Waals surface area contributed by atoms with Gasteiger partial charge in [0.05, 0.1) is 5.84 Å². The monoisotopic (exact) mass is 215 g/mol. The standard InChI is InChI=1S/C10H21N3S/c1-2-9-8-13(6-7-14-9)5-3-4-10(11)12/h9H,2-8H2,1H3,(H3,11,12). The summed E-state index contributed by atoms with van der Waals surface area (Å²) in [5, 5.41) is 7.96. The van der Waals surface area contributed by atoms with Gasteiger partial charge < -0.3 is 10.6 Å². The van der Waals surface area contributed by atoms with Gasteiger partial charge in [-0.25, -0.2) is 0 Å². The number of rotatable bonds is 5. The molecule has 0 radical (unpaired) electrons. The number of hydrogen-bond donors (Lipinski definition) is 2. The fraction of sp³-hybridized carbons (Fsp3) is 0.900. The largest absolute Gasteiger partial charge is 0.388 e.